The Bertz CT molecular complexity index is 211. The van der Waals surface area contributed by atoms with Gasteiger partial charge in [-0.15, -0.1) is 8.58 Å². The lowest BCUT2D eigenvalue weighted by atomic mass is 9.56. The van der Waals surface area contributed by atoms with Crippen molar-refractivity contribution >= 4 is 8.58 Å². The van der Waals surface area contributed by atoms with E-state index in [0.29, 0.717) is 0 Å². The Balaban J connectivity index is 1.56. The van der Waals surface area contributed by atoms with Gasteiger partial charge in [-0.25, -0.2) is 0 Å². The first kappa shape index (κ1) is 11.5. The lowest BCUT2D eigenvalue weighted by Gasteiger charge is -2.57. The van der Waals surface area contributed by atoms with Crippen LogP contribution in [0.1, 0.15) is 64.7 Å². The molecule has 0 nitrogen and oxygen atoms in total. The Kier molecular flexibility index (Phi) is 3.31. The zero-order chi connectivity index (χ0) is 11.0. The molecule has 0 radical (unpaired) electrons. The summed E-state index contributed by atoms with van der Waals surface area (Å²) >= 11 is 0. The smallest absolute Gasteiger partial charge is 0.0114 e. The van der Waals surface area contributed by atoms with E-state index >= 15 is 0 Å². The molecule has 16 heavy (non-hydrogen) atoms. The molecule has 4 saturated carbocycles. The van der Waals surface area contributed by atoms with E-state index in [1.54, 1.807) is 44.7 Å². The van der Waals surface area contributed by atoms with Gasteiger partial charge in [0.05, 0.1) is 0 Å². The maximum absolute atomic E-state index is 2.33. The van der Waals surface area contributed by atoms with Gasteiger partial charge in [0.2, 0.25) is 0 Å². The third-order valence-corrected chi connectivity index (χ3v) is 7.28. The van der Waals surface area contributed by atoms with Crippen LogP contribution in [0, 0.1) is 17.8 Å². The van der Waals surface area contributed by atoms with Crippen LogP contribution >= 0.6 is 8.58 Å². The van der Waals surface area contributed by atoms with Crippen LogP contribution in [0.3, 0.4) is 0 Å². The van der Waals surface area contributed by atoms with Crippen LogP contribution in [0.25, 0.3) is 0 Å². The molecule has 0 spiro atoms. The van der Waals surface area contributed by atoms with E-state index < -0.39 is 0 Å². The summed E-state index contributed by atoms with van der Waals surface area (Å²) in [6, 6.07) is 0. The number of rotatable bonds is 5. The summed E-state index contributed by atoms with van der Waals surface area (Å²) in [4.78, 5) is 0. The number of hydrogen-bond acceptors (Lipinski definition) is 0. The van der Waals surface area contributed by atoms with Crippen molar-refractivity contribution in [1.29, 1.82) is 0 Å². The fourth-order valence-electron chi connectivity index (χ4n) is 5.06. The Morgan fingerprint density at radius 3 is 2.00 bits per heavy atom. The predicted octanol–water partition coefficient (Wildman–Crippen LogP) is 4.82. The zero-order valence-electron chi connectivity index (χ0n) is 10.8. The maximum Gasteiger partial charge on any atom is -0.0114 e. The van der Waals surface area contributed by atoms with Gasteiger partial charge in [-0.1, -0.05) is 19.8 Å². The van der Waals surface area contributed by atoms with Crippen LogP contribution in [-0.4, -0.2) is 11.3 Å². The fourth-order valence-corrected chi connectivity index (χ4v) is 7.31. The molecule has 1 unspecified atom stereocenters. The van der Waals surface area contributed by atoms with Crippen molar-refractivity contribution in [2.24, 2.45) is 17.8 Å². The molecule has 1 atom stereocenters. The van der Waals surface area contributed by atoms with Gasteiger partial charge in [-0.05, 0) is 74.0 Å². The van der Waals surface area contributed by atoms with Crippen LogP contribution in [0.5, 0.6) is 0 Å². The average molecular weight is 238 g/mol. The summed E-state index contributed by atoms with van der Waals surface area (Å²) in [5.74, 6) is 3.47. The first-order chi connectivity index (χ1) is 7.80. The second-order valence-electron chi connectivity index (χ2n) is 6.83. The van der Waals surface area contributed by atoms with Gasteiger partial charge >= 0.3 is 0 Å². The van der Waals surface area contributed by atoms with Crippen molar-refractivity contribution in [3.05, 3.63) is 0 Å². The molecule has 0 saturated heterocycles. The minimum absolute atomic E-state index is 0.877. The molecule has 4 bridgehead atoms. The molecule has 92 valence electrons. The van der Waals surface area contributed by atoms with Crippen molar-refractivity contribution in [3.8, 4) is 0 Å². The number of hydrogen-bond donors (Lipinski definition) is 0. The van der Waals surface area contributed by atoms with Crippen molar-refractivity contribution in [2.45, 2.75) is 69.9 Å². The van der Waals surface area contributed by atoms with Crippen LogP contribution < -0.4 is 0 Å². The zero-order valence-corrected chi connectivity index (χ0v) is 11.8. The van der Waals surface area contributed by atoms with E-state index in [0.717, 1.165) is 22.9 Å². The molecule has 1 heteroatoms. The highest BCUT2D eigenvalue weighted by molar-refractivity contribution is 7.40. The van der Waals surface area contributed by atoms with Crippen molar-refractivity contribution in [2.75, 3.05) is 6.16 Å². The molecule has 0 aromatic heterocycles. The minimum atomic E-state index is 0.877. The highest BCUT2D eigenvalue weighted by Gasteiger charge is 2.50. The molecule has 0 heterocycles. The molecule has 4 aliphatic rings. The minimum Gasteiger partial charge on any atom is -0.116 e. The van der Waals surface area contributed by atoms with Gasteiger partial charge in [0.1, 0.15) is 0 Å². The fraction of sp³-hybridized carbons (Fsp3) is 1.00. The summed E-state index contributed by atoms with van der Waals surface area (Å²) in [5.41, 5.74) is 0. The van der Waals surface area contributed by atoms with Gasteiger partial charge < -0.3 is 0 Å². The van der Waals surface area contributed by atoms with Crippen molar-refractivity contribution in [1.82, 2.24) is 0 Å². The molecule has 4 aliphatic carbocycles. The van der Waals surface area contributed by atoms with Crippen LogP contribution in [-0.2, 0) is 0 Å². The summed E-state index contributed by atoms with van der Waals surface area (Å²) in [6.45, 7) is 2.33. The molecular weight excluding hydrogens is 211 g/mol. The Morgan fingerprint density at radius 1 is 0.938 bits per heavy atom. The van der Waals surface area contributed by atoms with E-state index in [2.05, 4.69) is 6.92 Å². The second-order valence-corrected chi connectivity index (χ2v) is 8.75. The molecule has 0 aromatic rings. The summed E-state index contributed by atoms with van der Waals surface area (Å²) in [6.07, 6.45) is 15.6. The molecular formula is C15H27P. The second kappa shape index (κ2) is 4.60. The highest BCUT2D eigenvalue weighted by Crippen LogP contribution is 2.62. The molecule has 0 N–H and O–H groups in total. The van der Waals surface area contributed by atoms with Gasteiger partial charge in [-0.2, -0.15) is 0 Å². The SMILES string of the molecule is CCCCCPC12CC3CC(CC(C3)C1)C2. The van der Waals surface area contributed by atoms with Gasteiger partial charge in [0.15, 0.2) is 0 Å². The Labute approximate surface area is 103 Å². The quantitative estimate of drug-likeness (QED) is 0.475. The van der Waals surface area contributed by atoms with E-state index in [1.165, 1.54) is 27.8 Å². The first-order valence-electron chi connectivity index (χ1n) is 7.55. The molecule has 4 rings (SSSR count). The summed E-state index contributed by atoms with van der Waals surface area (Å²) in [5, 5.41) is 0.877. The largest absolute Gasteiger partial charge is 0.116 e. The topological polar surface area (TPSA) is 0 Å². The standard InChI is InChI=1S/C15H27P/c1-2-3-4-5-16-15-9-12-6-13(10-15)8-14(7-12)11-15/h12-14,16H,2-11H2,1H3. The molecule has 0 aliphatic heterocycles. The lowest BCUT2D eigenvalue weighted by molar-refractivity contribution is 0.0367. The average Bonchev–Trinajstić information content (AvgIpc) is 2.22. The summed E-state index contributed by atoms with van der Waals surface area (Å²) < 4.78 is 0. The number of unbranched alkanes of at least 4 members (excludes halogenated alkanes) is 2. The van der Waals surface area contributed by atoms with E-state index in [4.69, 9.17) is 0 Å². The Morgan fingerprint density at radius 2 is 1.50 bits per heavy atom. The third-order valence-electron chi connectivity index (χ3n) is 5.32. The van der Waals surface area contributed by atoms with Gasteiger partial charge in [0, 0.05) is 0 Å². The van der Waals surface area contributed by atoms with Gasteiger partial charge in [0.25, 0.3) is 0 Å². The molecule has 0 amide bonds. The van der Waals surface area contributed by atoms with Crippen LogP contribution in [0.4, 0.5) is 0 Å². The van der Waals surface area contributed by atoms with Crippen molar-refractivity contribution in [3.63, 3.8) is 0 Å². The normalized spacial score (nSPS) is 45.9. The summed E-state index contributed by atoms with van der Waals surface area (Å²) in [7, 11) is 1.32. The predicted molar refractivity (Wildman–Crippen MR) is 73.6 cm³/mol. The monoisotopic (exact) mass is 238 g/mol. The van der Waals surface area contributed by atoms with Crippen molar-refractivity contribution < 1.29 is 0 Å². The first-order valence-corrected chi connectivity index (χ1v) is 8.75. The maximum atomic E-state index is 2.33. The third kappa shape index (κ3) is 2.20. The lowest BCUT2D eigenvalue weighted by Crippen LogP contribution is -2.48. The van der Waals surface area contributed by atoms with Gasteiger partial charge in [-0.3, -0.25) is 0 Å². The molecule has 4 fully saturated rings. The molecule has 0 aromatic carbocycles. The highest BCUT2D eigenvalue weighted by atomic mass is 31.1. The van der Waals surface area contributed by atoms with Crippen LogP contribution in [0.2, 0.25) is 0 Å². The van der Waals surface area contributed by atoms with E-state index in [9.17, 15) is 0 Å². The van der Waals surface area contributed by atoms with E-state index in [-0.39, 0.29) is 0 Å². The van der Waals surface area contributed by atoms with Crippen LogP contribution in [0.15, 0.2) is 0 Å². The Hall–Kier alpha value is 0.430. The van der Waals surface area contributed by atoms with E-state index in [1.807, 2.05) is 0 Å².